The lowest BCUT2D eigenvalue weighted by atomic mass is 10.0. The lowest BCUT2D eigenvalue weighted by molar-refractivity contribution is 0.467. The second-order valence-corrected chi connectivity index (χ2v) is 3.06. The lowest BCUT2D eigenvalue weighted by Crippen LogP contribution is -1.98. The van der Waals surface area contributed by atoms with Gasteiger partial charge in [0.15, 0.2) is 0 Å². The number of nitrogen functional groups attached to an aromatic ring is 1. The highest BCUT2D eigenvalue weighted by Crippen LogP contribution is 2.28. The number of hydrogen-bond acceptors (Lipinski definition) is 3. The fraction of sp³-hybridized carbons (Fsp3) is 0.500. The second kappa shape index (κ2) is 9.70. The van der Waals surface area contributed by atoms with Crippen molar-refractivity contribution in [3.8, 4) is 5.75 Å². The van der Waals surface area contributed by atoms with E-state index >= 15 is 0 Å². The summed E-state index contributed by atoms with van der Waals surface area (Å²) in [5, 5.41) is 9.56. The van der Waals surface area contributed by atoms with E-state index in [1.54, 1.807) is 20.2 Å². The third-order valence-corrected chi connectivity index (χ3v) is 2.08. The van der Waals surface area contributed by atoms with Gasteiger partial charge in [0.05, 0.1) is 0 Å². The summed E-state index contributed by atoms with van der Waals surface area (Å²) in [5.41, 5.74) is 8.77. The predicted octanol–water partition coefficient (Wildman–Crippen LogP) is 3.69. The number of aromatic hydroxyl groups is 1. The van der Waals surface area contributed by atoms with Crippen LogP contribution in [-0.4, -0.2) is 18.4 Å². The average molecular weight is 238 g/mol. The molecule has 0 radical (unpaired) electrons. The molecule has 98 valence electrons. The first-order valence-corrected chi connectivity index (χ1v) is 6.08. The minimum absolute atomic E-state index is 0.269. The van der Waals surface area contributed by atoms with E-state index in [0.29, 0.717) is 5.69 Å². The number of anilines is 1. The van der Waals surface area contributed by atoms with E-state index in [1.165, 1.54) is 0 Å². The number of benzene rings is 1. The van der Waals surface area contributed by atoms with Crippen molar-refractivity contribution in [2.75, 3.05) is 12.8 Å². The van der Waals surface area contributed by atoms with Gasteiger partial charge in [-0.15, -0.1) is 0 Å². The maximum Gasteiger partial charge on any atom is 0.123 e. The molecule has 0 saturated heterocycles. The molecule has 0 atom stereocenters. The molecule has 0 spiro atoms. The molecule has 1 rings (SSSR count). The lowest BCUT2D eigenvalue weighted by Gasteiger charge is -2.09. The number of hydrogen-bond donors (Lipinski definition) is 2. The third-order valence-electron chi connectivity index (χ3n) is 2.08. The van der Waals surface area contributed by atoms with Crippen molar-refractivity contribution in [2.45, 2.75) is 41.5 Å². The van der Waals surface area contributed by atoms with E-state index in [2.05, 4.69) is 4.99 Å². The monoisotopic (exact) mass is 238 g/mol. The van der Waals surface area contributed by atoms with Crippen molar-refractivity contribution in [2.24, 2.45) is 4.99 Å². The Morgan fingerprint density at radius 3 is 2.06 bits per heavy atom. The van der Waals surface area contributed by atoms with Crippen molar-refractivity contribution < 1.29 is 5.11 Å². The Morgan fingerprint density at radius 1 is 1.18 bits per heavy atom. The zero-order chi connectivity index (χ0) is 14.0. The summed E-state index contributed by atoms with van der Waals surface area (Å²) in [5.74, 6) is 0.269. The van der Waals surface area contributed by atoms with Gasteiger partial charge in [-0.1, -0.05) is 27.7 Å². The molecule has 0 amide bonds. The normalized spacial score (nSPS) is 9.12. The van der Waals surface area contributed by atoms with Gasteiger partial charge in [0.1, 0.15) is 5.75 Å². The number of phenolic OH excluding ortho intramolecular Hbond substituents is 1. The number of aryl methyl sites for hydroxylation is 1. The molecule has 0 fully saturated rings. The first-order chi connectivity index (χ1) is 8.07. The number of aliphatic imine (C=N–C) groups is 1. The van der Waals surface area contributed by atoms with Gasteiger partial charge in [-0.25, -0.2) is 0 Å². The number of rotatable bonds is 1. The van der Waals surface area contributed by atoms with Gasteiger partial charge < -0.3 is 10.8 Å². The maximum absolute atomic E-state index is 9.56. The van der Waals surface area contributed by atoms with Gasteiger partial charge >= 0.3 is 0 Å². The Bertz CT molecular complexity index is 358. The first-order valence-electron chi connectivity index (χ1n) is 6.08. The standard InChI is InChI=1S/C10H14N2O.2C2H6/c1-6-4-8(5-12-3)9(11)7(2)10(6)13;2*1-2/h4-5,13H,11H2,1-3H3;2*1-2H3. The minimum atomic E-state index is 0.269. The molecule has 17 heavy (non-hydrogen) atoms. The molecular formula is C14H26N2O. The van der Waals surface area contributed by atoms with Crippen LogP contribution in [0.5, 0.6) is 5.75 Å². The highest BCUT2D eigenvalue weighted by molar-refractivity contribution is 5.89. The van der Waals surface area contributed by atoms with Gasteiger partial charge in [-0.05, 0) is 25.5 Å². The molecule has 3 N–H and O–H groups in total. The van der Waals surface area contributed by atoms with Gasteiger partial charge in [0.2, 0.25) is 0 Å². The summed E-state index contributed by atoms with van der Waals surface area (Å²) in [6, 6.07) is 1.82. The second-order valence-electron chi connectivity index (χ2n) is 3.06. The summed E-state index contributed by atoms with van der Waals surface area (Å²) >= 11 is 0. The van der Waals surface area contributed by atoms with E-state index < -0.39 is 0 Å². The van der Waals surface area contributed by atoms with Crippen LogP contribution in [-0.2, 0) is 0 Å². The van der Waals surface area contributed by atoms with Crippen LogP contribution in [0.1, 0.15) is 44.4 Å². The topological polar surface area (TPSA) is 58.6 Å². The van der Waals surface area contributed by atoms with Crippen molar-refractivity contribution in [3.63, 3.8) is 0 Å². The molecular weight excluding hydrogens is 212 g/mol. The van der Waals surface area contributed by atoms with E-state index in [1.807, 2.05) is 40.7 Å². The molecule has 3 heteroatoms. The van der Waals surface area contributed by atoms with Crippen molar-refractivity contribution in [1.82, 2.24) is 0 Å². The van der Waals surface area contributed by atoms with Crippen molar-refractivity contribution >= 4 is 11.9 Å². The van der Waals surface area contributed by atoms with Crippen LogP contribution in [0, 0.1) is 13.8 Å². The third kappa shape index (κ3) is 4.89. The van der Waals surface area contributed by atoms with Gasteiger partial charge in [0, 0.05) is 30.1 Å². The Morgan fingerprint density at radius 2 is 1.65 bits per heavy atom. The Kier molecular flexibility index (Phi) is 10.2. The smallest absolute Gasteiger partial charge is 0.123 e. The Hall–Kier alpha value is -1.51. The fourth-order valence-corrected chi connectivity index (χ4v) is 1.27. The Balaban J connectivity index is 0. The molecule has 0 aliphatic heterocycles. The molecule has 3 nitrogen and oxygen atoms in total. The largest absolute Gasteiger partial charge is 0.507 e. The number of phenols is 1. The van der Waals surface area contributed by atoms with Gasteiger partial charge in [-0.3, -0.25) is 4.99 Å². The predicted molar refractivity (Wildman–Crippen MR) is 78.2 cm³/mol. The van der Waals surface area contributed by atoms with Crippen LogP contribution in [0.2, 0.25) is 0 Å². The molecule has 0 unspecified atom stereocenters. The highest BCUT2D eigenvalue weighted by Gasteiger charge is 2.07. The van der Waals surface area contributed by atoms with E-state index in [9.17, 15) is 5.11 Å². The Labute approximate surface area is 105 Å². The SMILES string of the molecule is CC.CC.CN=Cc1cc(C)c(O)c(C)c1N. The van der Waals surface area contributed by atoms with Crippen molar-refractivity contribution in [3.05, 3.63) is 22.8 Å². The van der Waals surface area contributed by atoms with Crippen LogP contribution < -0.4 is 5.73 Å². The molecule has 1 aromatic carbocycles. The van der Waals surface area contributed by atoms with E-state index in [0.717, 1.165) is 16.7 Å². The van der Waals surface area contributed by atoms with Crippen LogP contribution >= 0.6 is 0 Å². The molecule has 0 aliphatic rings. The summed E-state index contributed by atoms with van der Waals surface area (Å²) in [6.07, 6.45) is 1.69. The zero-order valence-electron chi connectivity index (χ0n) is 12.1. The molecule has 0 bridgehead atoms. The summed E-state index contributed by atoms with van der Waals surface area (Å²) in [6.45, 7) is 11.6. The molecule has 0 saturated carbocycles. The van der Waals surface area contributed by atoms with Gasteiger partial charge in [0.25, 0.3) is 0 Å². The fourth-order valence-electron chi connectivity index (χ4n) is 1.27. The molecule has 0 aliphatic carbocycles. The van der Waals surface area contributed by atoms with Crippen LogP contribution in [0.15, 0.2) is 11.1 Å². The summed E-state index contributed by atoms with van der Waals surface area (Å²) < 4.78 is 0. The molecule has 0 aromatic heterocycles. The number of nitrogens with zero attached hydrogens (tertiary/aromatic N) is 1. The summed E-state index contributed by atoms with van der Waals surface area (Å²) in [4.78, 5) is 3.89. The maximum atomic E-state index is 9.56. The number of nitrogens with two attached hydrogens (primary N) is 1. The van der Waals surface area contributed by atoms with Crippen LogP contribution in [0.4, 0.5) is 5.69 Å². The highest BCUT2D eigenvalue weighted by atomic mass is 16.3. The van der Waals surface area contributed by atoms with Gasteiger partial charge in [-0.2, -0.15) is 0 Å². The molecule has 0 heterocycles. The average Bonchev–Trinajstić information content (AvgIpc) is 2.38. The quantitative estimate of drug-likeness (QED) is 0.579. The van der Waals surface area contributed by atoms with Crippen LogP contribution in [0.3, 0.4) is 0 Å². The van der Waals surface area contributed by atoms with Crippen molar-refractivity contribution in [1.29, 1.82) is 0 Å². The van der Waals surface area contributed by atoms with E-state index in [4.69, 9.17) is 5.73 Å². The minimum Gasteiger partial charge on any atom is -0.507 e. The summed E-state index contributed by atoms with van der Waals surface area (Å²) in [7, 11) is 1.69. The molecule has 1 aromatic rings. The van der Waals surface area contributed by atoms with Crippen LogP contribution in [0.25, 0.3) is 0 Å². The first kappa shape index (κ1) is 17.9. The van der Waals surface area contributed by atoms with E-state index in [-0.39, 0.29) is 5.75 Å². The zero-order valence-corrected chi connectivity index (χ0v) is 12.1.